The number of nitrogens with two attached hydrogens (primary N) is 1. The zero-order chi connectivity index (χ0) is 14.5. The summed E-state index contributed by atoms with van der Waals surface area (Å²) < 4.78 is 5.39. The second-order valence-electron chi connectivity index (χ2n) is 5.05. The zero-order valence-corrected chi connectivity index (χ0v) is 12.4. The molecule has 0 bridgehead atoms. The Morgan fingerprint density at radius 2 is 2.15 bits per heavy atom. The summed E-state index contributed by atoms with van der Waals surface area (Å²) in [7, 11) is 1.56. The first-order valence-corrected chi connectivity index (χ1v) is 7.20. The Labute approximate surface area is 124 Å². The first-order valence-electron chi connectivity index (χ1n) is 6.79. The average molecular weight is 292 g/mol. The summed E-state index contributed by atoms with van der Waals surface area (Å²) in [6, 6.07) is 9.54. The first kappa shape index (κ1) is 14.9. The Morgan fingerprint density at radius 3 is 2.75 bits per heavy atom. The van der Waals surface area contributed by atoms with Crippen molar-refractivity contribution in [3.8, 4) is 0 Å². The molecular weight excluding hydrogens is 272 g/mol. The van der Waals surface area contributed by atoms with Gasteiger partial charge in [-0.1, -0.05) is 42.5 Å². The lowest BCUT2D eigenvalue weighted by Crippen LogP contribution is -2.45. The molecule has 2 unspecified atom stereocenters. The van der Waals surface area contributed by atoms with Crippen LogP contribution in [0, 0.1) is 5.92 Å². The number of carbonyl (C=O) groups excluding carboxylic acids is 1. The summed E-state index contributed by atoms with van der Waals surface area (Å²) in [5.74, 6) is 0.107. The van der Waals surface area contributed by atoms with Gasteiger partial charge in [0, 0.05) is 26.1 Å². The van der Waals surface area contributed by atoms with Gasteiger partial charge in [-0.05, 0) is 18.4 Å². The Kier molecular flexibility index (Phi) is 5.09. The van der Waals surface area contributed by atoms with Crippen LogP contribution in [0.4, 0.5) is 0 Å². The summed E-state index contributed by atoms with van der Waals surface area (Å²) in [6.07, 6.45) is 1.34. The van der Waals surface area contributed by atoms with Gasteiger partial charge >= 0.3 is 0 Å². The van der Waals surface area contributed by atoms with E-state index in [0.717, 1.165) is 24.9 Å². The Morgan fingerprint density at radius 1 is 1.45 bits per heavy atom. The van der Waals surface area contributed by atoms with Crippen molar-refractivity contribution in [2.45, 2.75) is 18.9 Å². The molecule has 2 rings (SSSR count). The van der Waals surface area contributed by atoms with Crippen LogP contribution in [0.2, 0.25) is 0 Å². The number of piperidine rings is 1. The molecule has 1 heterocycles. The van der Waals surface area contributed by atoms with E-state index in [4.69, 9.17) is 22.7 Å². The number of benzene rings is 1. The van der Waals surface area contributed by atoms with Crippen LogP contribution in [0.25, 0.3) is 0 Å². The Bertz CT molecular complexity index is 478. The van der Waals surface area contributed by atoms with Crippen LogP contribution < -0.4 is 5.73 Å². The minimum atomic E-state index is -0.554. The fourth-order valence-electron chi connectivity index (χ4n) is 2.58. The van der Waals surface area contributed by atoms with Gasteiger partial charge in [-0.15, -0.1) is 0 Å². The summed E-state index contributed by atoms with van der Waals surface area (Å²) >= 11 is 5.05. The maximum atomic E-state index is 12.6. The molecule has 1 aliphatic rings. The molecule has 0 radical (unpaired) electrons. The first-order chi connectivity index (χ1) is 9.63. The topological polar surface area (TPSA) is 55.6 Å². The van der Waals surface area contributed by atoms with Crippen LogP contribution in [0.1, 0.15) is 24.5 Å². The molecule has 1 aromatic carbocycles. The number of amides is 1. The molecule has 1 saturated heterocycles. The molecule has 1 aromatic rings. The van der Waals surface area contributed by atoms with Crippen molar-refractivity contribution in [2.24, 2.45) is 11.7 Å². The van der Waals surface area contributed by atoms with E-state index in [0.29, 0.717) is 11.5 Å². The van der Waals surface area contributed by atoms with E-state index in [1.54, 1.807) is 7.11 Å². The lowest BCUT2D eigenvalue weighted by atomic mass is 9.97. The van der Waals surface area contributed by atoms with Gasteiger partial charge in [0.1, 0.15) is 0 Å². The fourth-order valence-corrected chi connectivity index (χ4v) is 2.78. The SMILES string of the molecule is COC(C(=O)N1CCCC(C(N)=S)C1)c1ccccc1. The van der Waals surface area contributed by atoms with Crippen LogP contribution in [0.3, 0.4) is 0 Å². The molecule has 5 heteroatoms. The minimum Gasteiger partial charge on any atom is -0.393 e. The fraction of sp³-hybridized carbons (Fsp3) is 0.467. The van der Waals surface area contributed by atoms with Crippen LogP contribution in [0.5, 0.6) is 0 Å². The lowest BCUT2D eigenvalue weighted by Gasteiger charge is -2.34. The van der Waals surface area contributed by atoms with Crippen LogP contribution in [-0.2, 0) is 9.53 Å². The quantitative estimate of drug-likeness (QED) is 0.861. The maximum Gasteiger partial charge on any atom is 0.256 e. The van der Waals surface area contributed by atoms with Crippen LogP contribution in [-0.4, -0.2) is 36.0 Å². The average Bonchev–Trinajstić information content (AvgIpc) is 2.49. The van der Waals surface area contributed by atoms with Crippen molar-refractivity contribution < 1.29 is 9.53 Å². The molecule has 0 saturated carbocycles. The molecular formula is C15H20N2O2S. The molecule has 4 nitrogen and oxygen atoms in total. The standard InChI is InChI=1S/C15H20N2O2S/c1-19-13(11-6-3-2-4-7-11)15(18)17-9-5-8-12(10-17)14(16)20/h2-4,6-7,12-13H,5,8-10H2,1H3,(H2,16,20). The third-order valence-electron chi connectivity index (χ3n) is 3.70. The van der Waals surface area contributed by atoms with E-state index >= 15 is 0 Å². The van der Waals surface area contributed by atoms with Gasteiger partial charge < -0.3 is 15.4 Å². The molecule has 1 aliphatic heterocycles. The largest absolute Gasteiger partial charge is 0.393 e. The molecule has 108 valence electrons. The van der Waals surface area contributed by atoms with Crippen molar-refractivity contribution in [3.05, 3.63) is 35.9 Å². The normalized spacial score (nSPS) is 20.4. The number of thiocarbonyl (C=S) groups is 1. The molecule has 2 N–H and O–H groups in total. The summed E-state index contributed by atoms with van der Waals surface area (Å²) in [4.78, 5) is 14.9. The zero-order valence-electron chi connectivity index (χ0n) is 11.6. The highest BCUT2D eigenvalue weighted by Gasteiger charge is 2.30. The summed E-state index contributed by atoms with van der Waals surface area (Å²) in [5, 5.41) is 0. The number of rotatable bonds is 4. The maximum absolute atomic E-state index is 12.6. The summed E-state index contributed by atoms with van der Waals surface area (Å²) in [5.41, 5.74) is 6.58. The monoisotopic (exact) mass is 292 g/mol. The van der Waals surface area contributed by atoms with E-state index < -0.39 is 6.10 Å². The predicted octanol–water partition coefficient (Wildman–Crippen LogP) is 1.90. The van der Waals surface area contributed by atoms with Crippen molar-refractivity contribution in [1.82, 2.24) is 4.90 Å². The van der Waals surface area contributed by atoms with Crippen LogP contribution in [0.15, 0.2) is 30.3 Å². The number of hydrogen-bond acceptors (Lipinski definition) is 3. The van der Waals surface area contributed by atoms with Crippen molar-refractivity contribution in [2.75, 3.05) is 20.2 Å². The molecule has 1 fully saturated rings. The van der Waals surface area contributed by atoms with Gasteiger partial charge in [0.05, 0.1) is 4.99 Å². The van der Waals surface area contributed by atoms with Crippen molar-refractivity contribution >= 4 is 23.1 Å². The molecule has 2 atom stereocenters. The molecule has 1 amide bonds. The smallest absolute Gasteiger partial charge is 0.256 e. The van der Waals surface area contributed by atoms with Gasteiger partial charge in [0.15, 0.2) is 6.10 Å². The minimum absolute atomic E-state index is 0.0142. The third-order valence-corrected chi connectivity index (χ3v) is 4.03. The number of carbonyl (C=O) groups is 1. The number of likely N-dealkylation sites (tertiary alicyclic amines) is 1. The second-order valence-corrected chi connectivity index (χ2v) is 5.52. The number of methoxy groups -OCH3 is 1. The van der Waals surface area contributed by atoms with Gasteiger partial charge in [-0.2, -0.15) is 0 Å². The number of nitrogens with zero attached hydrogens (tertiary/aromatic N) is 1. The lowest BCUT2D eigenvalue weighted by molar-refractivity contribution is -0.143. The van der Waals surface area contributed by atoms with E-state index in [9.17, 15) is 4.79 Å². The van der Waals surface area contributed by atoms with Crippen molar-refractivity contribution in [1.29, 1.82) is 0 Å². The highest BCUT2D eigenvalue weighted by Crippen LogP contribution is 2.23. The van der Waals surface area contributed by atoms with E-state index in [1.807, 2.05) is 35.2 Å². The predicted molar refractivity (Wildman–Crippen MR) is 82.3 cm³/mol. The van der Waals surface area contributed by atoms with Crippen LogP contribution >= 0.6 is 12.2 Å². The third kappa shape index (κ3) is 3.35. The molecule has 0 aromatic heterocycles. The van der Waals surface area contributed by atoms with Gasteiger partial charge in [-0.25, -0.2) is 0 Å². The Balaban J connectivity index is 2.11. The van der Waals surface area contributed by atoms with E-state index in [1.165, 1.54) is 0 Å². The number of ether oxygens (including phenoxy) is 1. The van der Waals surface area contributed by atoms with E-state index in [-0.39, 0.29) is 11.8 Å². The van der Waals surface area contributed by atoms with Crippen molar-refractivity contribution in [3.63, 3.8) is 0 Å². The van der Waals surface area contributed by atoms with Gasteiger partial charge in [0.2, 0.25) is 0 Å². The molecule has 0 spiro atoms. The molecule has 0 aliphatic carbocycles. The highest BCUT2D eigenvalue weighted by atomic mass is 32.1. The number of hydrogen-bond donors (Lipinski definition) is 1. The molecule has 20 heavy (non-hydrogen) atoms. The Hall–Kier alpha value is -1.46. The van der Waals surface area contributed by atoms with E-state index in [2.05, 4.69) is 0 Å². The van der Waals surface area contributed by atoms with Gasteiger partial charge in [0.25, 0.3) is 5.91 Å². The van der Waals surface area contributed by atoms with Gasteiger partial charge in [-0.3, -0.25) is 4.79 Å². The second kappa shape index (κ2) is 6.81. The summed E-state index contributed by atoms with van der Waals surface area (Å²) in [6.45, 7) is 1.34. The highest BCUT2D eigenvalue weighted by molar-refractivity contribution is 7.80.